The standard InChI is InChI=1S/C13H21N3O2/c1-3-16(9-10-18-4-2)12-7-5-11(6-8-12)13(14)15-17/h5-8,17H,3-4,9-10H2,1-2H3,(H2,14,15). The molecule has 1 aromatic carbocycles. The highest BCUT2D eigenvalue weighted by atomic mass is 16.5. The second kappa shape index (κ2) is 7.55. The van der Waals surface area contributed by atoms with Crippen molar-refractivity contribution in [2.75, 3.05) is 31.2 Å². The molecule has 0 spiro atoms. The number of hydrogen-bond donors (Lipinski definition) is 2. The smallest absolute Gasteiger partial charge is 0.170 e. The summed E-state index contributed by atoms with van der Waals surface area (Å²) in [6, 6.07) is 7.60. The quantitative estimate of drug-likeness (QED) is 0.254. The lowest BCUT2D eigenvalue weighted by molar-refractivity contribution is 0.154. The first kappa shape index (κ1) is 14.3. The highest BCUT2D eigenvalue weighted by Gasteiger charge is 2.05. The van der Waals surface area contributed by atoms with Crippen molar-refractivity contribution in [1.82, 2.24) is 0 Å². The Hall–Kier alpha value is -1.75. The lowest BCUT2D eigenvalue weighted by atomic mass is 10.2. The van der Waals surface area contributed by atoms with Crippen molar-refractivity contribution >= 4 is 11.5 Å². The predicted molar refractivity (Wildman–Crippen MR) is 73.3 cm³/mol. The van der Waals surface area contributed by atoms with Crippen molar-refractivity contribution in [3.8, 4) is 0 Å². The van der Waals surface area contributed by atoms with E-state index in [9.17, 15) is 0 Å². The molecule has 0 radical (unpaired) electrons. The molecule has 0 amide bonds. The molecule has 5 heteroatoms. The lowest BCUT2D eigenvalue weighted by Crippen LogP contribution is -2.27. The Morgan fingerprint density at radius 3 is 2.50 bits per heavy atom. The molecule has 1 aromatic rings. The van der Waals surface area contributed by atoms with Gasteiger partial charge < -0.3 is 20.6 Å². The average molecular weight is 251 g/mol. The molecule has 18 heavy (non-hydrogen) atoms. The average Bonchev–Trinajstić information content (AvgIpc) is 2.43. The first-order valence-corrected chi connectivity index (χ1v) is 6.13. The number of likely N-dealkylation sites (N-methyl/N-ethyl adjacent to an activating group) is 1. The minimum atomic E-state index is 0.124. The SMILES string of the molecule is CCOCCN(CC)c1ccc(C(N)=NO)cc1. The zero-order chi connectivity index (χ0) is 13.4. The van der Waals surface area contributed by atoms with Gasteiger partial charge in [-0.05, 0) is 38.1 Å². The first-order chi connectivity index (χ1) is 8.72. The number of hydrogen-bond acceptors (Lipinski definition) is 4. The van der Waals surface area contributed by atoms with Gasteiger partial charge in [0.05, 0.1) is 6.61 Å². The molecular formula is C13H21N3O2. The van der Waals surface area contributed by atoms with E-state index in [1.165, 1.54) is 0 Å². The van der Waals surface area contributed by atoms with E-state index in [4.69, 9.17) is 15.7 Å². The van der Waals surface area contributed by atoms with Gasteiger partial charge in [-0.3, -0.25) is 0 Å². The molecule has 0 fully saturated rings. The molecule has 1 rings (SSSR count). The van der Waals surface area contributed by atoms with E-state index >= 15 is 0 Å². The van der Waals surface area contributed by atoms with Crippen molar-refractivity contribution in [2.45, 2.75) is 13.8 Å². The van der Waals surface area contributed by atoms with Crippen LogP contribution in [0.3, 0.4) is 0 Å². The van der Waals surface area contributed by atoms with Crippen LogP contribution in [0.4, 0.5) is 5.69 Å². The van der Waals surface area contributed by atoms with Gasteiger partial charge >= 0.3 is 0 Å². The highest BCUT2D eigenvalue weighted by molar-refractivity contribution is 5.97. The molecule has 0 unspecified atom stereocenters. The third-order valence-corrected chi connectivity index (χ3v) is 2.73. The molecule has 100 valence electrons. The van der Waals surface area contributed by atoms with E-state index in [2.05, 4.69) is 17.0 Å². The number of oxime groups is 1. The minimum absolute atomic E-state index is 0.124. The first-order valence-electron chi connectivity index (χ1n) is 6.13. The van der Waals surface area contributed by atoms with Gasteiger partial charge in [0, 0.05) is 30.9 Å². The molecule has 0 heterocycles. The summed E-state index contributed by atoms with van der Waals surface area (Å²) in [6.45, 7) is 7.31. The summed E-state index contributed by atoms with van der Waals surface area (Å²) in [4.78, 5) is 2.21. The molecule has 5 nitrogen and oxygen atoms in total. The summed E-state index contributed by atoms with van der Waals surface area (Å²) in [5, 5.41) is 11.6. The van der Waals surface area contributed by atoms with Crippen molar-refractivity contribution < 1.29 is 9.94 Å². The van der Waals surface area contributed by atoms with E-state index < -0.39 is 0 Å². The number of nitrogens with zero attached hydrogens (tertiary/aromatic N) is 2. The van der Waals surface area contributed by atoms with Crippen LogP contribution >= 0.6 is 0 Å². The summed E-state index contributed by atoms with van der Waals surface area (Å²) in [7, 11) is 0. The van der Waals surface area contributed by atoms with Crippen LogP contribution in [-0.2, 0) is 4.74 Å². The van der Waals surface area contributed by atoms with E-state index in [1.54, 1.807) is 0 Å². The Morgan fingerprint density at radius 1 is 1.33 bits per heavy atom. The monoisotopic (exact) mass is 251 g/mol. The summed E-state index contributed by atoms with van der Waals surface area (Å²) in [5.41, 5.74) is 7.33. The van der Waals surface area contributed by atoms with Crippen LogP contribution < -0.4 is 10.6 Å². The van der Waals surface area contributed by atoms with Crippen LogP contribution in [0.2, 0.25) is 0 Å². The lowest BCUT2D eigenvalue weighted by Gasteiger charge is -2.23. The summed E-state index contributed by atoms with van der Waals surface area (Å²) in [5.74, 6) is 0.124. The molecule has 0 aliphatic heterocycles. The van der Waals surface area contributed by atoms with Crippen LogP contribution in [0, 0.1) is 0 Å². The molecular weight excluding hydrogens is 230 g/mol. The van der Waals surface area contributed by atoms with Crippen LogP contribution in [0.5, 0.6) is 0 Å². The largest absolute Gasteiger partial charge is 0.409 e. The van der Waals surface area contributed by atoms with Gasteiger partial charge in [0.15, 0.2) is 5.84 Å². The fourth-order valence-corrected chi connectivity index (χ4v) is 1.69. The van der Waals surface area contributed by atoms with E-state index in [0.29, 0.717) is 12.2 Å². The Labute approximate surface area is 108 Å². The third kappa shape index (κ3) is 3.92. The summed E-state index contributed by atoms with van der Waals surface area (Å²) in [6.07, 6.45) is 0. The van der Waals surface area contributed by atoms with Gasteiger partial charge in [-0.25, -0.2) is 0 Å². The van der Waals surface area contributed by atoms with Gasteiger partial charge in [0.2, 0.25) is 0 Å². The zero-order valence-corrected chi connectivity index (χ0v) is 11.0. The molecule has 0 saturated carbocycles. The summed E-state index contributed by atoms with van der Waals surface area (Å²) < 4.78 is 5.35. The molecule has 0 atom stereocenters. The molecule has 0 aliphatic carbocycles. The zero-order valence-electron chi connectivity index (χ0n) is 11.0. The van der Waals surface area contributed by atoms with Gasteiger partial charge in [-0.1, -0.05) is 5.16 Å². The van der Waals surface area contributed by atoms with Crippen molar-refractivity contribution in [3.63, 3.8) is 0 Å². The van der Waals surface area contributed by atoms with Gasteiger partial charge in [0.1, 0.15) is 0 Å². The van der Waals surface area contributed by atoms with E-state index in [1.807, 2.05) is 31.2 Å². The van der Waals surface area contributed by atoms with Crippen LogP contribution in [-0.4, -0.2) is 37.3 Å². The number of ether oxygens (including phenoxy) is 1. The molecule has 0 aromatic heterocycles. The molecule has 0 aliphatic rings. The number of anilines is 1. The normalized spacial score (nSPS) is 11.6. The second-order valence-corrected chi connectivity index (χ2v) is 3.81. The Kier molecular flexibility index (Phi) is 6.00. The van der Waals surface area contributed by atoms with E-state index in [-0.39, 0.29) is 5.84 Å². The number of amidine groups is 1. The maximum absolute atomic E-state index is 8.59. The fraction of sp³-hybridized carbons (Fsp3) is 0.462. The Bertz CT molecular complexity index is 376. The number of nitrogens with two attached hydrogens (primary N) is 1. The second-order valence-electron chi connectivity index (χ2n) is 3.81. The van der Waals surface area contributed by atoms with Gasteiger partial charge in [0.25, 0.3) is 0 Å². The van der Waals surface area contributed by atoms with Crippen molar-refractivity contribution in [2.24, 2.45) is 10.9 Å². The predicted octanol–water partition coefficient (Wildman–Crippen LogP) is 1.64. The van der Waals surface area contributed by atoms with Crippen LogP contribution in [0.25, 0.3) is 0 Å². The van der Waals surface area contributed by atoms with E-state index in [0.717, 1.165) is 25.4 Å². The molecule has 0 bridgehead atoms. The summed E-state index contributed by atoms with van der Waals surface area (Å²) >= 11 is 0. The van der Waals surface area contributed by atoms with Crippen molar-refractivity contribution in [1.29, 1.82) is 0 Å². The van der Waals surface area contributed by atoms with Gasteiger partial charge in [-0.2, -0.15) is 0 Å². The van der Waals surface area contributed by atoms with Crippen molar-refractivity contribution in [3.05, 3.63) is 29.8 Å². The van der Waals surface area contributed by atoms with Crippen LogP contribution in [0.15, 0.2) is 29.4 Å². The number of rotatable bonds is 7. The molecule has 3 N–H and O–H groups in total. The fourth-order valence-electron chi connectivity index (χ4n) is 1.69. The minimum Gasteiger partial charge on any atom is -0.409 e. The highest BCUT2D eigenvalue weighted by Crippen LogP contribution is 2.14. The Morgan fingerprint density at radius 2 is 2.00 bits per heavy atom. The number of benzene rings is 1. The topological polar surface area (TPSA) is 71.1 Å². The van der Waals surface area contributed by atoms with Crippen LogP contribution in [0.1, 0.15) is 19.4 Å². The maximum Gasteiger partial charge on any atom is 0.170 e. The third-order valence-electron chi connectivity index (χ3n) is 2.73. The Balaban J connectivity index is 2.69. The maximum atomic E-state index is 8.59. The molecule has 0 saturated heterocycles. The van der Waals surface area contributed by atoms with Gasteiger partial charge in [-0.15, -0.1) is 0 Å².